The van der Waals surface area contributed by atoms with Crippen molar-refractivity contribution in [3.05, 3.63) is 78.4 Å². The van der Waals surface area contributed by atoms with E-state index in [1.165, 1.54) is 6.42 Å². The molecule has 1 fully saturated rings. The molecular formula is C26H28N4O2S. The van der Waals surface area contributed by atoms with E-state index >= 15 is 0 Å². The number of hydrogen-bond donors (Lipinski definition) is 3. The van der Waals surface area contributed by atoms with E-state index in [-0.39, 0.29) is 11.9 Å². The van der Waals surface area contributed by atoms with Crippen LogP contribution in [0, 0.1) is 0 Å². The van der Waals surface area contributed by atoms with E-state index in [0.717, 1.165) is 42.2 Å². The number of thioether (sulfide) groups is 1. The average Bonchev–Trinajstić information content (AvgIpc) is 2.85. The van der Waals surface area contributed by atoms with Crippen molar-refractivity contribution in [1.82, 2.24) is 0 Å². The van der Waals surface area contributed by atoms with Crippen LogP contribution in [0.4, 0.5) is 27.5 Å². The van der Waals surface area contributed by atoms with Crippen LogP contribution in [0.2, 0.25) is 0 Å². The number of carbonyl (C=O) groups excluding carboxylic acids is 2. The summed E-state index contributed by atoms with van der Waals surface area (Å²) in [6, 6.07) is 22.1. The minimum Gasteiger partial charge on any atom is -0.370 e. The molecule has 0 saturated carbocycles. The minimum absolute atomic E-state index is 0.189. The Kier molecular flexibility index (Phi) is 7.52. The lowest BCUT2D eigenvalue weighted by atomic mass is 10.1. The first-order chi connectivity index (χ1) is 16.1. The lowest BCUT2D eigenvalue weighted by Gasteiger charge is -2.31. The summed E-state index contributed by atoms with van der Waals surface area (Å²) in [5.41, 5.74) is 3.57. The predicted octanol–water partition coefficient (Wildman–Crippen LogP) is 6.30. The van der Waals surface area contributed by atoms with Crippen molar-refractivity contribution >= 4 is 46.4 Å². The highest BCUT2D eigenvalue weighted by atomic mass is 32.2. The molecule has 4 rings (SSSR count). The van der Waals surface area contributed by atoms with Crippen LogP contribution in [0.25, 0.3) is 0 Å². The molecule has 0 aliphatic carbocycles. The van der Waals surface area contributed by atoms with E-state index in [1.807, 2.05) is 66.9 Å². The van der Waals surface area contributed by atoms with Gasteiger partial charge in [0.1, 0.15) is 0 Å². The Bertz CT molecular complexity index is 1110. The van der Waals surface area contributed by atoms with Crippen LogP contribution in [-0.2, 0) is 0 Å². The number of piperidine rings is 1. The van der Waals surface area contributed by atoms with Crippen molar-refractivity contribution in [3.8, 4) is 0 Å². The lowest BCUT2D eigenvalue weighted by molar-refractivity contribution is 0.102. The fourth-order valence-electron chi connectivity index (χ4n) is 3.90. The summed E-state index contributed by atoms with van der Waals surface area (Å²) in [5.74, 6) is -0.189. The van der Waals surface area contributed by atoms with Gasteiger partial charge in [0.2, 0.25) is 0 Å². The van der Waals surface area contributed by atoms with Gasteiger partial charge in [0, 0.05) is 34.9 Å². The van der Waals surface area contributed by atoms with Gasteiger partial charge in [-0.15, -0.1) is 11.8 Å². The van der Waals surface area contributed by atoms with Crippen molar-refractivity contribution in [3.63, 3.8) is 0 Å². The Morgan fingerprint density at radius 1 is 0.788 bits per heavy atom. The molecule has 6 nitrogen and oxygen atoms in total. The normalized spacial score (nSPS) is 13.3. The number of nitrogens with one attached hydrogen (secondary N) is 3. The van der Waals surface area contributed by atoms with Crippen LogP contribution in [0.5, 0.6) is 0 Å². The number of amides is 3. The van der Waals surface area contributed by atoms with E-state index in [9.17, 15) is 9.59 Å². The summed E-state index contributed by atoms with van der Waals surface area (Å²) in [5, 5.41) is 8.84. The SMILES string of the molecule is CSc1cccc(NC(=O)Nc2cc(NC(=O)c3ccccc3)ccc2N2CCCCC2)c1. The molecule has 3 N–H and O–H groups in total. The molecule has 7 heteroatoms. The van der Waals surface area contributed by atoms with E-state index < -0.39 is 0 Å². The third-order valence-corrected chi connectivity index (χ3v) is 6.29. The van der Waals surface area contributed by atoms with E-state index in [0.29, 0.717) is 16.9 Å². The molecule has 0 radical (unpaired) electrons. The molecule has 170 valence electrons. The number of hydrogen-bond acceptors (Lipinski definition) is 4. The first-order valence-corrected chi connectivity index (χ1v) is 12.3. The molecular weight excluding hydrogens is 432 g/mol. The molecule has 1 aliphatic heterocycles. The molecule has 0 atom stereocenters. The van der Waals surface area contributed by atoms with Gasteiger partial charge in [0.15, 0.2) is 0 Å². The Morgan fingerprint density at radius 3 is 2.30 bits per heavy atom. The van der Waals surface area contributed by atoms with Crippen LogP contribution in [0.1, 0.15) is 29.6 Å². The van der Waals surface area contributed by atoms with Crippen LogP contribution in [0.15, 0.2) is 77.7 Å². The van der Waals surface area contributed by atoms with Crippen molar-refractivity contribution in [2.45, 2.75) is 24.2 Å². The molecule has 0 aromatic heterocycles. The molecule has 33 heavy (non-hydrogen) atoms. The fourth-order valence-corrected chi connectivity index (χ4v) is 4.36. The Hall–Kier alpha value is -3.45. The Morgan fingerprint density at radius 2 is 1.55 bits per heavy atom. The van der Waals surface area contributed by atoms with Crippen molar-refractivity contribution in [1.29, 1.82) is 0 Å². The van der Waals surface area contributed by atoms with E-state index in [4.69, 9.17) is 0 Å². The number of urea groups is 1. The summed E-state index contributed by atoms with van der Waals surface area (Å²) in [7, 11) is 0. The van der Waals surface area contributed by atoms with Gasteiger partial charge in [-0.2, -0.15) is 0 Å². The second-order valence-electron chi connectivity index (χ2n) is 7.91. The zero-order valence-electron chi connectivity index (χ0n) is 18.6. The maximum Gasteiger partial charge on any atom is 0.323 e. The minimum atomic E-state index is -0.321. The first-order valence-electron chi connectivity index (χ1n) is 11.1. The summed E-state index contributed by atoms with van der Waals surface area (Å²) >= 11 is 1.62. The van der Waals surface area contributed by atoms with Gasteiger partial charge >= 0.3 is 6.03 Å². The van der Waals surface area contributed by atoms with Gasteiger partial charge in [-0.3, -0.25) is 4.79 Å². The molecule has 3 amide bonds. The van der Waals surface area contributed by atoms with Crippen LogP contribution >= 0.6 is 11.8 Å². The average molecular weight is 461 g/mol. The second kappa shape index (κ2) is 10.9. The lowest BCUT2D eigenvalue weighted by Crippen LogP contribution is -2.31. The van der Waals surface area contributed by atoms with Crippen molar-refractivity contribution in [2.75, 3.05) is 40.2 Å². The smallest absolute Gasteiger partial charge is 0.323 e. The quantitative estimate of drug-likeness (QED) is 0.378. The first kappa shape index (κ1) is 22.7. The number of benzene rings is 3. The second-order valence-corrected chi connectivity index (χ2v) is 8.79. The van der Waals surface area contributed by atoms with Gasteiger partial charge < -0.3 is 20.9 Å². The predicted molar refractivity (Wildman–Crippen MR) is 138 cm³/mol. The van der Waals surface area contributed by atoms with Crippen molar-refractivity contribution in [2.24, 2.45) is 0 Å². The molecule has 0 bridgehead atoms. The largest absolute Gasteiger partial charge is 0.370 e. The number of anilines is 4. The van der Waals surface area contributed by atoms with Gasteiger partial charge in [-0.05, 0) is 74.0 Å². The zero-order chi connectivity index (χ0) is 23.0. The topological polar surface area (TPSA) is 73.5 Å². The highest BCUT2D eigenvalue weighted by Crippen LogP contribution is 2.32. The van der Waals surface area contributed by atoms with Gasteiger partial charge in [0.25, 0.3) is 5.91 Å². The summed E-state index contributed by atoms with van der Waals surface area (Å²) < 4.78 is 0. The van der Waals surface area contributed by atoms with Gasteiger partial charge in [0.05, 0.1) is 11.4 Å². The summed E-state index contributed by atoms with van der Waals surface area (Å²) in [6.45, 7) is 1.89. The molecule has 3 aromatic carbocycles. The van der Waals surface area contributed by atoms with Gasteiger partial charge in [-0.25, -0.2) is 4.79 Å². The van der Waals surface area contributed by atoms with Crippen LogP contribution < -0.4 is 20.9 Å². The van der Waals surface area contributed by atoms with E-state index in [1.54, 1.807) is 23.9 Å². The van der Waals surface area contributed by atoms with Crippen molar-refractivity contribution < 1.29 is 9.59 Å². The molecule has 1 saturated heterocycles. The highest BCUT2D eigenvalue weighted by Gasteiger charge is 2.17. The molecule has 1 heterocycles. The molecule has 0 spiro atoms. The standard InChI is InChI=1S/C26H28N4O2S/c1-33-22-12-8-11-20(17-22)28-26(32)29-23-18-21(27-25(31)19-9-4-2-5-10-19)13-14-24(23)30-15-6-3-7-16-30/h2,4-5,8-14,17-18H,3,6-7,15-16H2,1H3,(H,27,31)(H2,28,29,32). The Balaban J connectivity index is 1.55. The summed E-state index contributed by atoms with van der Waals surface area (Å²) in [6.07, 6.45) is 5.47. The number of nitrogens with zero attached hydrogens (tertiary/aromatic N) is 1. The van der Waals surface area contributed by atoms with Gasteiger partial charge in [-0.1, -0.05) is 24.3 Å². The molecule has 3 aromatic rings. The van der Waals surface area contributed by atoms with Crippen LogP contribution in [0.3, 0.4) is 0 Å². The molecule has 1 aliphatic rings. The number of carbonyl (C=O) groups is 2. The highest BCUT2D eigenvalue weighted by molar-refractivity contribution is 7.98. The maximum atomic E-state index is 12.8. The summed E-state index contributed by atoms with van der Waals surface area (Å²) in [4.78, 5) is 28.8. The maximum absolute atomic E-state index is 12.8. The third-order valence-electron chi connectivity index (χ3n) is 5.56. The third kappa shape index (κ3) is 6.08. The monoisotopic (exact) mass is 460 g/mol. The zero-order valence-corrected chi connectivity index (χ0v) is 19.5. The fraction of sp³-hybridized carbons (Fsp3) is 0.231. The number of rotatable bonds is 6. The Labute approximate surface area is 198 Å². The molecule has 0 unspecified atom stereocenters. The van der Waals surface area contributed by atoms with E-state index in [2.05, 4.69) is 20.9 Å². The van der Waals surface area contributed by atoms with Crippen LogP contribution in [-0.4, -0.2) is 31.3 Å².